The molecule has 1 fully saturated rings. The Hall–Kier alpha value is -2.57. The Labute approximate surface area is 180 Å². The maximum Gasteiger partial charge on any atom is 0.284 e. The number of carbonyl (C=O) groups excluding carboxylic acids is 1. The van der Waals surface area contributed by atoms with Gasteiger partial charge in [0.2, 0.25) is 0 Å². The molecule has 1 aliphatic rings. The van der Waals surface area contributed by atoms with Crippen molar-refractivity contribution in [3.8, 4) is 11.5 Å². The lowest BCUT2D eigenvalue weighted by Crippen LogP contribution is -3.29. The number of amides is 1. The van der Waals surface area contributed by atoms with Crippen molar-refractivity contribution in [2.75, 3.05) is 52.3 Å². The number of hydrogen-bond acceptors (Lipinski definition) is 3. The van der Waals surface area contributed by atoms with Gasteiger partial charge in [0.25, 0.3) is 5.91 Å². The van der Waals surface area contributed by atoms with Gasteiger partial charge in [-0.25, -0.2) is 0 Å². The Morgan fingerprint density at radius 2 is 1.63 bits per heavy atom. The molecule has 0 spiro atoms. The lowest BCUT2D eigenvalue weighted by molar-refractivity contribution is -1.02. The van der Waals surface area contributed by atoms with E-state index in [9.17, 15) is 4.79 Å². The molecular weight excluding hydrogens is 378 g/mol. The molecule has 1 atom stereocenters. The topological polar surface area (TPSA) is 47.7 Å². The van der Waals surface area contributed by atoms with Crippen molar-refractivity contribution in [3.63, 3.8) is 0 Å². The van der Waals surface area contributed by atoms with Gasteiger partial charge in [-0.2, -0.15) is 0 Å². The lowest BCUT2D eigenvalue weighted by atomic mass is 10.1. The molecule has 2 aromatic carbocycles. The van der Waals surface area contributed by atoms with Gasteiger partial charge >= 0.3 is 0 Å². The van der Waals surface area contributed by atoms with E-state index in [1.807, 2.05) is 37.4 Å². The average Bonchev–Trinajstić information content (AvgIpc) is 2.79. The lowest BCUT2D eigenvalue weighted by Gasteiger charge is -2.34. The van der Waals surface area contributed by atoms with Crippen LogP contribution in [0.25, 0.3) is 0 Å². The number of carbonyl (C=O) groups is 1. The van der Waals surface area contributed by atoms with Crippen molar-refractivity contribution >= 4 is 11.6 Å². The highest BCUT2D eigenvalue weighted by molar-refractivity contribution is 5.95. The number of benzene rings is 2. The predicted molar refractivity (Wildman–Crippen MR) is 119 cm³/mol. The van der Waals surface area contributed by atoms with Gasteiger partial charge in [-0.05, 0) is 43.7 Å². The second kappa shape index (κ2) is 9.96. The summed E-state index contributed by atoms with van der Waals surface area (Å²) in [6, 6.07) is 14.0. The zero-order valence-electron chi connectivity index (χ0n) is 18.8. The Balaban J connectivity index is 1.58. The standard InChI is InChI=1S/C24H33N3O3/c1-18-15-22(29-4)23(30-5)16-20(18)17-26-11-13-27(14-12-26)19(2)24(28)25(3)21-9-7-6-8-10-21/h6-10,15-16,19H,11-14,17H2,1-5H3/p+2/t19-/m0/s1. The van der Waals surface area contributed by atoms with Crippen LogP contribution in [0.4, 0.5) is 5.69 Å². The van der Waals surface area contributed by atoms with E-state index in [0.29, 0.717) is 0 Å². The van der Waals surface area contributed by atoms with Crippen molar-refractivity contribution < 1.29 is 24.1 Å². The van der Waals surface area contributed by atoms with Crippen molar-refractivity contribution in [2.24, 2.45) is 0 Å². The predicted octanol–water partition coefficient (Wildman–Crippen LogP) is 0.347. The number of aryl methyl sites for hydroxylation is 1. The van der Waals surface area contributed by atoms with Crippen LogP contribution >= 0.6 is 0 Å². The monoisotopic (exact) mass is 413 g/mol. The Morgan fingerprint density at radius 1 is 1.03 bits per heavy atom. The molecule has 0 radical (unpaired) electrons. The number of para-hydroxylation sites is 1. The molecular formula is C24H35N3O3+2. The minimum atomic E-state index is -0.0421. The fourth-order valence-electron chi connectivity index (χ4n) is 4.26. The van der Waals surface area contributed by atoms with Crippen molar-refractivity contribution in [1.82, 2.24) is 0 Å². The molecule has 3 rings (SSSR count). The summed E-state index contributed by atoms with van der Waals surface area (Å²) in [5.74, 6) is 1.73. The SMILES string of the molecule is COc1cc(C)c(C[NH+]2CC[NH+]([C@@H](C)C(=O)N(C)c3ccccc3)CC2)cc1OC. The summed E-state index contributed by atoms with van der Waals surface area (Å²) in [7, 11) is 5.22. The first kappa shape index (κ1) is 22.1. The summed E-state index contributed by atoms with van der Waals surface area (Å²) in [4.78, 5) is 17.7. The largest absolute Gasteiger partial charge is 0.493 e. The summed E-state index contributed by atoms with van der Waals surface area (Å²) in [6.45, 7) is 9.24. The van der Waals surface area contributed by atoms with Crippen molar-refractivity contribution in [2.45, 2.75) is 26.4 Å². The zero-order valence-corrected chi connectivity index (χ0v) is 18.8. The van der Waals surface area contributed by atoms with Gasteiger partial charge in [0.15, 0.2) is 17.5 Å². The molecule has 30 heavy (non-hydrogen) atoms. The molecule has 2 N–H and O–H groups in total. The number of hydrogen-bond donors (Lipinski definition) is 2. The maximum atomic E-state index is 13.0. The highest BCUT2D eigenvalue weighted by Gasteiger charge is 2.33. The zero-order chi connectivity index (χ0) is 21.7. The second-order valence-corrected chi connectivity index (χ2v) is 8.17. The third-order valence-corrected chi connectivity index (χ3v) is 6.34. The van der Waals surface area contributed by atoms with Gasteiger partial charge in [0.1, 0.15) is 32.7 Å². The summed E-state index contributed by atoms with van der Waals surface area (Å²) < 4.78 is 10.9. The fraction of sp³-hybridized carbons (Fsp3) is 0.458. The first-order valence-corrected chi connectivity index (χ1v) is 10.7. The van der Waals surface area contributed by atoms with E-state index in [1.165, 1.54) is 16.0 Å². The molecule has 6 heteroatoms. The quantitative estimate of drug-likeness (QED) is 0.689. The Bertz CT molecular complexity index is 848. The molecule has 1 aliphatic heterocycles. The Kier molecular flexibility index (Phi) is 7.34. The molecule has 162 valence electrons. The summed E-state index contributed by atoms with van der Waals surface area (Å²) in [5, 5.41) is 0. The number of nitrogens with one attached hydrogen (secondary N) is 2. The molecule has 0 bridgehead atoms. The van der Waals surface area contributed by atoms with Crippen LogP contribution in [0.5, 0.6) is 11.5 Å². The maximum absolute atomic E-state index is 13.0. The number of ether oxygens (including phenoxy) is 2. The van der Waals surface area contributed by atoms with Gasteiger partial charge < -0.3 is 24.2 Å². The minimum absolute atomic E-state index is 0.0421. The highest BCUT2D eigenvalue weighted by Crippen LogP contribution is 2.29. The van der Waals surface area contributed by atoms with Crippen LogP contribution in [0.2, 0.25) is 0 Å². The fourth-order valence-corrected chi connectivity index (χ4v) is 4.26. The molecule has 1 saturated heterocycles. The van der Waals surface area contributed by atoms with Crippen molar-refractivity contribution in [1.29, 1.82) is 0 Å². The second-order valence-electron chi connectivity index (χ2n) is 8.17. The number of anilines is 1. The average molecular weight is 414 g/mol. The normalized spacial score (nSPS) is 19.8. The van der Waals surface area contributed by atoms with Crippen LogP contribution in [-0.2, 0) is 11.3 Å². The van der Waals surface area contributed by atoms with Gasteiger partial charge in [0.05, 0.1) is 14.2 Å². The number of nitrogens with zero attached hydrogens (tertiary/aromatic N) is 1. The van der Waals surface area contributed by atoms with Crippen LogP contribution in [0, 0.1) is 6.92 Å². The first-order chi connectivity index (χ1) is 14.4. The van der Waals surface area contributed by atoms with Gasteiger partial charge in [-0.3, -0.25) is 4.79 Å². The van der Waals surface area contributed by atoms with Gasteiger partial charge in [-0.15, -0.1) is 0 Å². The van der Waals surface area contributed by atoms with Crippen LogP contribution < -0.4 is 24.2 Å². The van der Waals surface area contributed by atoms with E-state index in [4.69, 9.17) is 9.47 Å². The molecule has 0 saturated carbocycles. The summed E-state index contributed by atoms with van der Waals surface area (Å²) in [6.07, 6.45) is 0. The third-order valence-electron chi connectivity index (χ3n) is 6.34. The molecule has 0 aliphatic carbocycles. The van der Waals surface area contributed by atoms with E-state index in [2.05, 4.69) is 26.0 Å². The summed E-state index contributed by atoms with van der Waals surface area (Å²) in [5.41, 5.74) is 3.46. The number of quaternary nitrogens is 2. The molecule has 0 aromatic heterocycles. The van der Waals surface area contributed by atoms with Gasteiger partial charge in [0, 0.05) is 18.3 Å². The van der Waals surface area contributed by atoms with Crippen LogP contribution in [0.3, 0.4) is 0 Å². The van der Waals surface area contributed by atoms with E-state index >= 15 is 0 Å². The van der Waals surface area contributed by atoms with E-state index in [-0.39, 0.29) is 11.9 Å². The van der Waals surface area contributed by atoms with Crippen LogP contribution in [-0.4, -0.2) is 59.4 Å². The molecule has 2 aromatic rings. The van der Waals surface area contributed by atoms with E-state index < -0.39 is 0 Å². The van der Waals surface area contributed by atoms with Gasteiger partial charge in [-0.1, -0.05) is 18.2 Å². The molecule has 0 unspecified atom stereocenters. The number of methoxy groups -OCH3 is 2. The van der Waals surface area contributed by atoms with Crippen LogP contribution in [0.15, 0.2) is 42.5 Å². The molecule has 6 nitrogen and oxygen atoms in total. The van der Waals surface area contributed by atoms with Crippen LogP contribution in [0.1, 0.15) is 18.1 Å². The summed E-state index contributed by atoms with van der Waals surface area (Å²) >= 11 is 0. The molecule has 1 amide bonds. The Morgan fingerprint density at radius 3 is 2.23 bits per heavy atom. The van der Waals surface area contributed by atoms with E-state index in [1.54, 1.807) is 24.0 Å². The first-order valence-electron chi connectivity index (χ1n) is 10.7. The molecule has 1 heterocycles. The smallest absolute Gasteiger partial charge is 0.284 e. The number of piperazine rings is 1. The van der Waals surface area contributed by atoms with Crippen molar-refractivity contribution in [3.05, 3.63) is 53.6 Å². The third kappa shape index (κ3) is 4.94. The highest BCUT2D eigenvalue weighted by atomic mass is 16.5. The van der Waals surface area contributed by atoms with E-state index in [0.717, 1.165) is 49.9 Å². The number of rotatable bonds is 7. The number of likely N-dealkylation sites (N-methyl/N-ethyl adjacent to an activating group) is 1. The minimum Gasteiger partial charge on any atom is -0.493 e.